The zero-order chi connectivity index (χ0) is 8.97. The summed E-state index contributed by atoms with van der Waals surface area (Å²) < 4.78 is 5.77. The van der Waals surface area contributed by atoms with E-state index < -0.39 is 0 Å². The molecular formula is C8H9ClNO2+. The van der Waals surface area contributed by atoms with Crippen LogP contribution in [0.3, 0.4) is 0 Å². The Morgan fingerprint density at radius 3 is 2.42 bits per heavy atom. The van der Waals surface area contributed by atoms with Crippen LogP contribution in [0.5, 0.6) is 5.75 Å². The second kappa shape index (κ2) is 4.07. The van der Waals surface area contributed by atoms with Gasteiger partial charge in [-0.05, 0) is 12.1 Å². The van der Waals surface area contributed by atoms with Crippen LogP contribution in [-0.2, 0) is 0 Å². The van der Waals surface area contributed by atoms with Crippen molar-refractivity contribution in [2.24, 2.45) is 0 Å². The first kappa shape index (κ1) is 9.00. The highest BCUT2D eigenvalue weighted by Gasteiger charge is 2.04. The predicted octanol–water partition coefficient (Wildman–Crippen LogP) is 2.30. The zero-order valence-corrected chi connectivity index (χ0v) is 7.41. The van der Waals surface area contributed by atoms with E-state index in [1.165, 1.54) is 7.05 Å². The van der Waals surface area contributed by atoms with E-state index in [0.717, 1.165) is 4.76 Å². The molecule has 0 fully saturated rings. The zero-order valence-electron chi connectivity index (χ0n) is 6.66. The van der Waals surface area contributed by atoms with Gasteiger partial charge in [-0.2, -0.15) is 0 Å². The molecule has 4 heteroatoms. The van der Waals surface area contributed by atoms with Gasteiger partial charge in [0, 0.05) is 21.8 Å². The Labute approximate surface area is 75.5 Å². The number of hydrogen-bond donors (Lipinski definition) is 0. The topological polar surface area (TPSA) is 29.3 Å². The predicted molar refractivity (Wildman–Crippen MR) is 47.0 cm³/mol. The maximum absolute atomic E-state index is 10.8. The van der Waals surface area contributed by atoms with Crippen molar-refractivity contribution in [2.45, 2.75) is 0 Å². The Bertz CT molecular complexity index is 271. The van der Waals surface area contributed by atoms with E-state index in [-0.39, 0.29) is 6.07 Å². The van der Waals surface area contributed by atoms with Gasteiger partial charge >= 0.3 is 0 Å². The molecule has 64 valence electrons. The average molecular weight is 187 g/mol. The number of rotatable bonds is 3. The summed E-state index contributed by atoms with van der Waals surface area (Å²) in [6.07, 6.45) is 0. The van der Waals surface area contributed by atoms with Crippen molar-refractivity contribution < 1.29 is 9.50 Å². The van der Waals surface area contributed by atoms with E-state index >= 15 is 0 Å². The van der Waals surface area contributed by atoms with Crippen molar-refractivity contribution in [3.8, 4) is 5.75 Å². The fourth-order valence-electron chi connectivity index (χ4n) is 0.815. The van der Waals surface area contributed by atoms with Crippen LogP contribution in [0, 0.1) is 4.91 Å². The highest BCUT2D eigenvalue weighted by molar-refractivity contribution is 6.17. The molecule has 0 aliphatic rings. The minimum atomic E-state index is 0.118. The van der Waals surface area contributed by atoms with E-state index in [2.05, 4.69) is 0 Å². The molecule has 0 aromatic heterocycles. The number of alkyl halides is 1. The summed E-state index contributed by atoms with van der Waals surface area (Å²) in [5.41, 5.74) is 0.594. The molecule has 1 aromatic rings. The molecule has 0 N–H and O–H groups in total. The Balaban J connectivity index is 2.78. The van der Waals surface area contributed by atoms with Crippen LogP contribution in [0.1, 0.15) is 0 Å². The lowest BCUT2D eigenvalue weighted by Gasteiger charge is -1.98. The molecule has 0 aliphatic carbocycles. The van der Waals surface area contributed by atoms with E-state index in [0.29, 0.717) is 11.4 Å². The quantitative estimate of drug-likeness (QED) is 0.536. The molecule has 0 heterocycles. The summed E-state index contributed by atoms with van der Waals surface area (Å²) >= 11 is 5.34. The molecule has 0 saturated heterocycles. The maximum atomic E-state index is 10.8. The molecule has 1 rings (SSSR count). The normalized spacial score (nSPS) is 9.50. The van der Waals surface area contributed by atoms with Crippen LogP contribution >= 0.6 is 11.6 Å². The Hall–Kier alpha value is -1.09. The summed E-state index contributed by atoms with van der Waals surface area (Å²) in [5.74, 6) is 0.663. The second-order valence-electron chi connectivity index (χ2n) is 2.24. The van der Waals surface area contributed by atoms with Gasteiger partial charge in [0.25, 0.3) is 5.69 Å². The molecule has 0 aliphatic heterocycles. The number of nitrogens with zero attached hydrogens (tertiary/aromatic N) is 1. The summed E-state index contributed by atoms with van der Waals surface area (Å²) in [7, 11) is 1.44. The number of ether oxygens (including phenoxy) is 1. The van der Waals surface area contributed by atoms with Crippen LogP contribution in [0.2, 0.25) is 0 Å². The number of benzene rings is 1. The van der Waals surface area contributed by atoms with E-state index in [1.807, 2.05) is 0 Å². The van der Waals surface area contributed by atoms with Crippen LogP contribution < -0.4 is 4.74 Å². The first-order chi connectivity index (χ1) is 5.74. The molecule has 0 spiro atoms. The van der Waals surface area contributed by atoms with Crippen LogP contribution in [-0.4, -0.2) is 17.9 Å². The second-order valence-corrected chi connectivity index (χ2v) is 2.46. The third kappa shape index (κ3) is 2.20. The number of hydrogen-bond acceptors (Lipinski definition) is 2. The minimum absolute atomic E-state index is 0.118. The first-order valence-corrected chi connectivity index (χ1v) is 3.97. The Morgan fingerprint density at radius 1 is 1.42 bits per heavy atom. The third-order valence-electron chi connectivity index (χ3n) is 1.42. The molecule has 0 saturated carbocycles. The average Bonchev–Trinajstić information content (AvgIpc) is 2.06. The van der Waals surface area contributed by atoms with Gasteiger partial charge in [0.1, 0.15) is 5.75 Å². The monoisotopic (exact) mass is 186 g/mol. The van der Waals surface area contributed by atoms with Gasteiger partial charge in [-0.25, -0.2) is 0 Å². The van der Waals surface area contributed by atoms with Gasteiger partial charge in [0.2, 0.25) is 0 Å². The first-order valence-electron chi connectivity index (χ1n) is 3.43. The summed E-state index contributed by atoms with van der Waals surface area (Å²) in [6.45, 7) is 0. The molecule has 0 amide bonds. The Kier molecular flexibility index (Phi) is 3.05. The number of nitroso groups, excluding NO2 is 1. The lowest BCUT2D eigenvalue weighted by molar-refractivity contribution is -0.428. The molecule has 3 nitrogen and oxygen atoms in total. The fraction of sp³-hybridized carbons (Fsp3) is 0.250. The van der Waals surface area contributed by atoms with E-state index in [4.69, 9.17) is 16.3 Å². The maximum Gasteiger partial charge on any atom is 0.255 e. The van der Waals surface area contributed by atoms with Gasteiger partial charge in [-0.15, -0.1) is 0 Å². The summed E-state index contributed by atoms with van der Waals surface area (Å²) in [6, 6.07) is 6.87. The van der Waals surface area contributed by atoms with Gasteiger partial charge in [-0.1, -0.05) is 11.6 Å². The van der Waals surface area contributed by atoms with Crippen molar-refractivity contribution in [1.82, 2.24) is 0 Å². The van der Waals surface area contributed by atoms with Gasteiger partial charge in [-0.3, -0.25) is 0 Å². The van der Waals surface area contributed by atoms with Crippen LogP contribution in [0.25, 0.3) is 0 Å². The smallest absolute Gasteiger partial charge is 0.255 e. The number of halogens is 1. The lowest BCUT2D eigenvalue weighted by atomic mass is 10.3. The molecule has 0 radical (unpaired) electrons. The van der Waals surface area contributed by atoms with Crippen molar-refractivity contribution >= 4 is 17.3 Å². The molecule has 0 bridgehead atoms. The van der Waals surface area contributed by atoms with Crippen LogP contribution in [0.4, 0.5) is 5.69 Å². The summed E-state index contributed by atoms with van der Waals surface area (Å²) in [5, 5.41) is 0. The van der Waals surface area contributed by atoms with E-state index in [9.17, 15) is 4.91 Å². The van der Waals surface area contributed by atoms with Gasteiger partial charge < -0.3 is 4.74 Å². The highest BCUT2D eigenvalue weighted by Crippen LogP contribution is 2.16. The van der Waals surface area contributed by atoms with Crippen molar-refractivity contribution in [1.29, 1.82) is 0 Å². The van der Waals surface area contributed by atoms with Crippen LogP contribution in [0.15, 0.2) is 24.3 Å². The standard InChI is InChI=1S/C8H9ClNO2/c1-10(11)7-2-4-8(5-3-7)12-6-9/h2-5H,6H2,1H3/q+1. The van der Waals surface area contributed by atoms with Crippen molar-refractivity contribution in [3.63, 3.8) is 0 Å². The van der Waals surface area contributed by atoms with Gasteiger partial charge in [0.05, 0.1) is 0 Å². The Morgan fingerprint density at radius 2 is 2.00 bits per heavy atom. The molecule has 1 aromatic carbocycles. The molecule has 0 atom stereocenters. The molecule has 0 unspecified atom stereocenters. The SMILES string of the molecule is C[N+](=O)c1ccc(OCCl)cc1. The fourth-order valence-corrected chi connectivity index (χ4v) is 0.941. The van der Waals surface area contributed by atoms with E-state index in [1.54, 1.807) is 24.3 Å². The molecular weight excluding hydrogens is 178 g/mol. The van der Waals surface area contributed by atoms with Crippen molar-refractivity contribution in [2.75, 3.05) is 13.1 Å². The third-order valence-corrected chi connectivity index (χ3v) is 1.53. The van der Waals surface area contributed by atoms with Crippen molar-refractivity contribution in [3.05, 3.63) is 29.2 Å². The largest absolute Gasteiger partial charge is 0.478 e. The minimum Gasteiger partial charge on any atom is -0.478 e. The highest BCUT2D eigenvalue weighted by atomic mass is 35.5. The van der Waals surface area contributed by atoms with Gasteiger partial charge in [0.15, 0.2) is 13.1 Å². The summed E-state index contributed by atoms with van der Waals surface area (Å²) in [4.78, 5) is 10.8. The molecule has 12 heavy (non-hydrogen) atoms. The lowest BCUT2D eigenvalue weighted by Crippen LogP contribution is -1.91.